The third kappa shape index (κ3) is 3.94. The minimum Gasteiger partial charge on any atom is -0.388 e. The quantitative estimate of drug-likeness (QED) is 0.569. The first-order chi connectivity index (χ1) is 9.10. The number of nitrogens with zero attached hydrogens (tertiary/aromatic N) is 1. The third-order valence-electron chi connectivity index (χ3n) is 3.94. The molecule has 1 aliphatic carbocycles. The lowest BCUT2D eigenvalue weighted by atomic mass is 9.93. The number of aliphatic hydroxyl groups is 1. The Balaban J connectivity index is 1.73. The number of guanidine groups is 1. The second kappa shape index (κ2) is 6.39. The van der Waals surface area contributed by atoms with Gasteiger partial charge in [0.1, 0.15) is 0 Å². The van der Waals surface area contributed by atoms with Crippen LogP contribution in [0.3, 0.4) is 0 Å². The molecule has 1 saturated carbocycles. The average molecular weight is 281 g/mol. The van der Waals surface area contributed by atoms with Crippen molar-refractivity contribution in [2.24, 2.45) is 16.6 Å². The molecule has 0 spiro atoms. The topological polar surface area (TPSA) is 70.6 Å². The molecule has 1 aliphatic rings. The van der Waals surface area contributed by atoms with E-state index >= 15 is 0 Å². The van der Waals surface area contributed by atoms with Crippen LogP contribution in [0.15, 0.2) is 22.5 Å². The molecule has 1 heterocycles. The van der Waals surface area contributed by atoms with Crippen molar-refractivity contribution in [3.8, 4) is 0 Å². The number of hydrogen-bond acceptors (Lipinski definition) is 3. The molecule has 0 radical (unpaired) electrons. The van der Waals surface area contributed by atoms with Crippen LogP contribution in [0.4, 0.5) is 0 Å². The third-order valence-corrected chi connectivity index (χ3v) is 4.88. The van der Waals surface area contributed by atoms with Crippen LogP contribution < -0.4 is 11.1 Å². The smallest absolute Gasteiger partial charge is 0.188 e. The number of nitrogens with two attached hydrogens (primary N) is 1. The van der Waals surface area contributed by atoms with Crippen molar-refractivity contribution in [3.05, 3.63) is 22.4 Å². The lowest BCUT2D eigenvalue weighted by Gasteiger charge is -2.25. The molecule has 0 amide bonds. The van der Waals surface area contributed by atoms with E-state index in [1.54, 1.807) is 11.3 Å². The van der Waals surface area contributed by atoms with Crippen LogP contribution in [0.2, 0.25) is 0 Å². The maximum absolute atomic E-state index is 10.4. The number of thiophene rings is 1. The molecule has 2 unspecified atom stereocenters. The summed E-state index contributed by atoms with van der Waals surface area (Å²) in [5.41, 5.74) is 5.17. The van der Waals surface area contributed by atoms with Crippen LogP contribution in [-0.2, 0) is 6.42 Å². The molecule has 1 aromatic heterocycles. The normalized spacial score (nSPS) is 27.7. The average Bonchev–Trinajstić information content (AvgIpc) is 2.99. The maximum Gasteiger partial charge on any atom is 0.188 e. The Bertz CT molecular complexity index is 418. The second-order valence-electron chi connectivity index (χ2n) is 5.35. The molecule has 19 heavy (non-hydrogen) atoms. The highest BCUT2D eigenvalue weighted by Gasteiger charge is 2.37. The van der Waals surface area contributed by atoms with Gasteiger partial charge in [-0.15, -0.1) is 11.3 Å². The summed E-state index contributed by atoms with van der Waals surface area (Å²) < 4.78 is 0. The molecule has 1 fully saturated rings. The Hall–Kier alpha value is -1.07. The van der Waals surface area contributed by atoms with E-state index in [1.165, 1.54) is 4.88 Å². The van der Waals surface area contributed by atoms with Gasteiger partial charge in [-0.25, -0.2) is 0 Å². The molecule has 106 valence electrons. The zero-order valence-electron chi connectivity index (χ0n) is 11.4. The van der Waals surface area contributed by atoms with E-state index in [-0.39, 0.29) is 0 Å². The Morgan fingerprint density at radius 3 is 3.16 bits per heavy atom. The summed E-state index contributed by atoms with van der Waals surface area (Å²) in [5.74, 6) is 0.749. The Morgan fingerprint density at radius 2 is 2.53 bits per heavy atom. The van der Waals surface area contributed by atoms with Crippen LogP contribution in [0, 0.1) is 5.92 Å². The molecule has 4 nitrogen and oxygen atoms in total. The summed E-state index contributed by atoms with van der Waals surface area (Å²) in [6, 6.07) is 4.16. The molecule has 0 aromatic carbocycles. The highest BCUT2D eigenvalue weighted by molar-refractivity contribution is 7.09. The highest BCUT2D eigenvalue weighted by Crippen LogP contribution is 2.35. The monoisotopic (exact) mass is 281 g/mol. The van der Waals surface area contributed by atoms with Gasteiger partial charge in [0.15, 0.2) is 5.96 Å². The Kier molecular flexibility index (Phi) is 4.82. The van der Waals surface area contributed by atoms with Gasteiger partial charge in [0.25, 0.3) is 0 Å². The summed E-state index contributed by atoms with van der Waals surface area (Å²) >= 11 is 1.75. The first-order valence-electron chi connectivity index (χ1n) is 6.89. The second-order valence-corrected chi connectivity index (χ2v) is 6.39. The summed E-state index contributed by atoms with van der Waals surface area (Å²) in [5, 5.41) is 15.6. The number of nitrogens with one attached hydrogen (secondary N) is 1. The van der Waals surface area contributed by atoms with Crippen molar-refractivity contribution in [2.45, 2.75) is 38.2 Å². The van der Waals surface area contributed by atoms with Crippen molar-refractivity contribution in [2.75, 3.05) is 13.1 Å². The summed E-state index contributed by atoms with van der Waals surface area (Å²) in [4.78, 5) is 5.62. The molecule has 0 bridgehead atoms. The summed E-state index contributed by atoms with van der Waals surface area (Å²) in [6.07, 6.45) is 3.95. The largest absolute Gasteiger partial charge is 0.388 e. The summed E-state index contributed by atoms with van der Waals surface area (Å²) in [6.45, 7) is 3.28. The number of rotatable bonds is 5. The first-order valence-corrected chi connectivity index (χ1v) is 7.77. The van der Waals surface area contributed by atoms with E-state index < -0.39 is 5.60 Å². The molecular weight excluding hydrogens is 258 g/mol. The van der Waals surface area contributed by atoms with Gasteiger partial charge in [-0.05, 0) is 36.6 Å². The van der Waals surface area contributed by atoms with Gasteiger partial charge in [-0.3, -0.25) is 4.99 Å². The minimum absolute atomic E-state index is 0.315. The van der Waals surface area contributed by atoms with Gasteiger partial charge in [-0.1, -0.05) is 19.4 Å². The van der Waals surface area contributed by atoms with Crippen LogP contribution in [0.5, 0.6) is 0 Å². The molecular formula is C14H23N3OS. The molecule has 5 heteroatoms. The molecule has 1 aromatic rings. The predicted octanol–water partition coefficient (Wildman–Crippen LogP) is 1.75. The fourth-order valence-electron chi connectivity index (χ4n) is 2.51. The molecule has 2 rings (SSSR count). The fourth-order valence-corrected chi connectivity index (χ4v) is 3.22. The van der Waals surface area contributed by atoms with E-state index in [2.05, 4.69) is 34.7 Å². The number of hydrogen-bond donors (Lipinski definition) is 3. The zero-order valence-corrected chi connectivity index (χ0v) is 12.2. The minimum atomic E-state index is -0.653. The van der Waals surface area contributed by atoms with Crippen molar-refractivity contribution in [3.63, 3.8) is 0 Å². The van der Waals surface area contributed by atoms with Crippen LogP contribution >= 0.6 is 11.3 Å². The van der Waals surface area contributed by atoms with Crippen LogP contribution in [0.25, 0.3) is 0 Å². The van der Waals surface area contributed by atoms with E-state index in [0.29, 0.717) is 18.4 Å². The van der Waals surface area contributed by atoms with Crippen molar-refractivity contribution in [1.29, 1.82) is 0 Å². The van der Waals surface area contributed by atoms with Crippen LogP contribution in [0.1, 0.15) is 31.1 Å². The van der Waals surface area contributed by atoms with Crippen molar-refractivity contribution in [1.82, 2.24) is 5.32 Å². The van der Waals surface area contributed by atoms with Gasteiger partial charge in [0.2, 0.25) is 0 Å². The maximum atomic E-state index is 10.4. The predicted molar refractivity (Wildman–Crippen MR) is 80.5 cm³/mol. The lowest BCUT2D eigenvalue weighted by Crippen LogP contribution is -2.39. The summed E-state index contributed by atoms with van der Waals surface area (Å²) in [7, 11) is 0. The van der Waals surface area contributed by atoms with E-state index in [0.717, 1.165) is 32.2 Å². The molecule has 2 atom stereocenters. The highest BCUT2D eigenvalue weighted by atomic mass is 32.1. The molecule has 4 N–H and O–H groups in total. The van der Waals surface area contributed by atoms with Gasteiger partial charge < -0.3 is 16.2 Å². The van der Waals surface area contributed by atoms with Crippen LogP contribution in [-0.4, -0.2) is 29.8 Å². The van der Waals surface area contributed by atoms with Crippen molar-refractivity contribution >= 4 is 17.3 Å². The van der Waals surface area contributed by atoms with E-state index in [4.69, 9.17) is 5.73 Å². The Morgan fingerprint density at radius 1 is 1.68 bits per heavy atom. The standard InChI is InChI=1S/C14H23N3OS/c1-11-4-2-7-14(11,18)10-17-13(15)16-8-6-12-5-3-9-19-12/h3,5,9,11,18H,2,4,6-8,10H2,1H3,(H3,15,16,17). The molecule has 0 aliphatic heterocycles. The lowest BCUT2D eigenvalue weighted by molar-refractivity contribution is 0.0186. The zero-order chi connectivity index (χ0) is 13.7. The van der Waals surface area contributed by atoms with Gasteiger partial charge in [-0.2, -0.15) is 0 Å². The molecule has 0 saturated heterocycles. The van der Waals surface area contributed by atoms with Gasteiger partial charge in [0.05, 0.1) is 12.1 Å². The van der Waals surface area contributed by atoms with E-state index in [1.807, 2.05) is 0 Å². The van der Waals surface area contributed by atoms with Gasteiger partial charge in [0, 0.05) is 11.4 Å². The Labute approximate surface area is 118 Å². The van der Waals surface area contributed by atoms with Crippen molar-refractivity contribution < 1.29 is 5.11 Å². The van der Waals surface area contributed by atoms with Gasteiger partial charge >= 0.3 is 0 Å². The number of aliphatic imine (C=N–C) groups is 1. The first kappa shape index (κ1) is 14.3. The van der Waals surface area contributed by atoms with E-state index in [9.17, 15) is 5.11 Å². The SMILES string of the molecule is CC1CCCC1(O)CN=C(N)NCCc1cccs1. The fraction of sp³-hybridized carbons (Fsp3) is 0.643.